The maximum Gasteiger partial charge on any atom is 0.262 e. The zero-order chi connectivity index (χ0) is 23.7. The number of methoxy groups -OCH3 is 1. The number of fused-ring (bicyclic) bond motifs is 3. The number of benzene rings is 2. The Hall–Kier alpha value is -3.66. The van der Waals surface area contributed by atoms with Gasteiger partial charge in [0.1, 0.15) is 5.75 Å². The molecule has 0 amide bonds. The molecule has 5 rings (SSSR count). The molecule has 9 nitrogen and oxygen atoms in total. The van der Waals surface area contributed by atoms with E-state index in [2.05, 4.69) is 34.2 Å². The van der Waals surface area contributed by atoms with Crippen LogP contribution in [0, 0.1) is 5.92 Å². The number of hydrogen-bond donors (Lipinski definition) is 0. The number of hydrogen-bond acceptors (Lipinski definition) is 8. The van der Waals surface area contributed by atoms with Gasteiger partial charge in [0.15, 0.2) is 5.16 Å². The summed E-state index contributed by atoms with van der Waals surface area (Å²) in [6.45, 7) is 4.86. The summed E-state index contributed by atoms with van der Waals surface area (Å²) in [5, 5.41) is 14.1. The van der Waals surface area contributed by atoms with Crippen molar-refractivity contribution < 1.29 is 9.26 Å². The second kappa shape index (κ2) is 9.30. The van der Waals surface area contributed by atoms with E-state index in [1.807, 2.05) is 52.9 Å². The highest BCUT2D eigenvalue weighted by Crippen LogP contribution is 2.26. The molecule has 2 aromatic carbocycles. The van der Waals surface area contributed by atoms with Gasteiger partial charge >= 0.3 is 0 Å². The molecule has 5 aromatic rings. The molecule has 3 heterocycles. The molecule has 0 saturated heterocycles. The van der Waals surface area contributed by atoms with Crippen molar-refractivity contribution in [3.63, 3.8) is 0 Å². The molecule has 0 aliphatic heterocycles. The maximum atomic E-state index is 13.2. The van der Waals surface area contributed by atoms with Crippen LogP contribution in [-0.2, 0) is 12.3 Å². The highest BCUT2D eigenvalue weighted by molar-refractivity contribution is 7.98. The lowest BCUT2D eigenvalue weighted by molar-refractivity contribution is 0.391. The monoisotopic (exact) mass is 476 g/mol. The van der Waals surface area contributed by atoms with Crippen LogP contribution in [0.3, 0.4) is 0 Å². The number of nitrogens with zero attached hydrogens (tertiary/aromatic N) is 6. The molecule has 10 heteroatoms. The molecule has 0 fully saturated rings. The SMILES string of the molecule is COc1cccc(-c2noc(CSc3nnc4n(CCC(C)C)c(=O)c5ccccc5n34)n2)c1. The topological polar surface area (TPSA) is 100 Å². The summed E-state index contributed by atoms with van der Waals surface area (Å²) < 4.78 is 14.4. The zero-order valence-electron chi connectivity index (χ0n) is 19.1. The van der Waals surface area contributed by atoms with Crippen LogP contribution in [-0.4, -0.2) is 36.4 Å². The number of aromatic nitrogens is 6. The van der Waals surface area contributed by atoms with E-state index in [0.29, 0.717) is 46.3 Å². The summed E-state index contributed by atoms with van der Waals surface area (Å²) in [7, 11) is 1.62. The molecular weight excluding hydrogens is 452 g/mol. The number of ether oxygens (including phenoxy) is 1. The van der Waals surface area contributed by atoms with Gasteiger partial charge in [-0.05, 0) is 36.6 Å². The molecule has 0 aliphatic rings. The Balaban J connectivity index is 1.47. The highest BCUT2D eigenvalue weighted by atomic mass is 32.2. The van der Waals surface area contributed by atoms with Gasteiger partial charge in [0.25, 0.3) is 5.56 Å². The third-order valence-electron chi connectivity index (χ3n) is 5.53. The number of para-hydroxylation sites is 1. The van der Waals surface area contributed by atoms with Crippen molar-refractivity contribution in [2.24, 2.45) is 5.92 Å². The van der Waals surface area contributed by atoms with Crippen molar-refractivity contribution >= 4 is 28.4 Å². The summed E-state index contributed by atoms with van der Waals surface area (Å²) in [4.78, 5) is 17.7. The maximum absolute atomic E-state index is 13.2. The molecule has 0 aliphatic carbocycles. The predicted molar refractivity (Wildman–Crippen MR) is 130 cm³/mol. The van der Waals surface area contributed by atoms with E-state index in [0.717, 1.165) is 23.3 Å². The zero-order valence-corrected chi connectivity index (χ0v) is 20.0. The Morgan fingerprint density at radius 3 is 2.79 bits per heavy atom. The third kappa shape index (κ3) is 4.16. The molecule has 0 N–H and O–H groups in total. The van der Waals surface area contributed by atoms with E-state index < -0.39 is 0 Å². The summed E-state index contributed by atoms with van der Waals surface area (Å²) in [6, 6.07) is 15.0. The fourth-order valence-electron chi connectivity index (χ4n) is 3.74. The van der Waals surface area contributed by atoms with Gasteiger partial charge in [0.2, 0.25) is 17.5 Å². The van der Waals surface area contributed by atoms with E-state index in [1.54, 1.807) is 11.7 Å². The first-order valence-corrected chi connectivity index (χ1v) is 12.0. The Kier molecular flexibility index (Phi) is 6.06. The summed E-state index contributed by atoms with van der Waals surface area (Å²) in [6.07, 6.45) is 0.873. The van der Waals surface area contributed by atoms with Crippen molar-refractivity contribution in [1.29, 1.82) is 0 Å². The standard InChI is InChI=1S/C24H24N6O3S/c1-15(2)11-12-29-22(31)18-9-4-5-10-19(18)30-23(29)26-27-24(30)34-14-20-25-21(28-33-20)16-7-6-8-17(13-16)32-3/h4-10,13,15H,11-12,14H2,1-3H3. The van der Waals surface area contributed by atoms with Crippen LogP contribution in [0.5, 0.6) is 5.75 Å². The Bertz CT molecular complexity index is 1520. The van der Waals surface area contributed by atoms with Crippen molar-refractivity contribution in [2.45, 2.75) is 37.7 Å². The van der Waals surface area contributed by atoms with Gasteiger partial charge in [-0.25, -0.2) is 0 Å². The number of thioether (sulfide) groups is 1. The molecule has 0 bridgehead atoms. The molecule has 34 heavy (non-hydrogen) atoms. The van der Waals surface area contributed by atoms with E-state index in [9.17, 15) is 4.79 Å². The van der Waals surface area contributed by atoms with Gasteiger partial charge in [-0.1, -0.05) is 55.0 Å². The minimum absolute atomic E-state index is 0.0486. The van der Waals surface area contributed by atoms with Gasteiger partial charge in [-0.15, -0.1) is 10.2 Å². The number of rotatable bonds is 8. The van der Waals surface area contributed by atoms with Crippen LogP contribution in [0.4, 0.5) is 0 Å². The van der Waals surface area contributed by atoms with Crippen LogP contribution in [0.15, 0.2) is 63.0 Å². The van der Waals surface area contributed by atoms with Crippen molar-refractivity contribution in [1.82, 2.24) is 29.3 Å². The first kappa shape index (κ1) is 22.1. The quantitative estimate of drug-likeness (QED) is 0.303. The van der Waals surface area contributed by atoms with Crippen LogP contribution in [0.2, 0.25) is 0 Å². The third-order valence-corrected chi connectivity index (χ3v) is 6.44. The van der Waals surface area contributed by atoms with Gasteiger partial charge in [-0.2, -0.15) is 4.98 Å². The second-order valence-corrected chi connectivity index (χ2v) is 9.25. The van der Waals surface area contributed by atoms with Gasteiger partial charge in [0, 0.05) is 12.1 Å². The average Bonchev–Trinajstić information content (AvgIpc) is 3.50. The summed E-state index contributed by atoms with van der Waals surface area (Å²) >= 11 is 1.43. The fraction of sp³-hybridized carbons (Fsp3) is 0.292. The van der Waals surface area contributed by atoms with Crippen LogP contribution in [0.1, 0.15) is 26.2 Å². The molecule has 3 aromatic heterocycles. The van der Waals surface area contributed by atoms with E-state index in [-0.39, 0.29) is 5.56 Å². The molecule has 0 saturated carbocycles. The fourth-order valence-corrected chi connectivity index (χ4v) is 4.51. The van der Waals surface area contributed by atoms with Gasteiger partial charge in [-0.3, -0.25) is 13.8 Å². The van der Waals surface area contributed by atoms with Crippen molar-refractivity contribution in [2.75, 3.05) is 7.11 Å². The minimum Gasteiger partial charge on any atom is -0.497 e. The van der Waals surface area contributed by atoms with Gasteiger partial charge in [0.05, 0.1) is 23.8 Å². The van der Waals surface area contributed by atoms with Crippen LogP contribution >= 0.6 is 11.8 Å². The van der Waals surface area contributed by atoms with E-state index in [1.165, 1.54) is 11.8 Å². The Labute approximate surface area is 199 Å². The molecule has 0 atom stereocenters. The molecule has 0 spiro atoms. The summed E-state index contributed by atoms with van der Waals surface area (Å²) in [5.74, 6) is 3.10. The molecule has 0 radical (unpaired) electrons. The second-order valence-electron chi connectivity index (χ2n) is 8.31. The molecular formula is C24H24N6O3S. The van der Waals surface area contributed by atoms with Crippen molar-refractivity contribution in [3.05, 3.63) is 64.8 Å². The molecule has 0 unspecified atom stereocenters. The van der Waals surface area contributed by atoms with Crippen LogP contribution in [0.25, 0.3) is 28.1 Å². The van der Waals surface area contributed by atoms with Crippen LogP contribution < -0.4 is 10.3 Å². The predicted octanol–water partition coefficient (Wildman–Crippen LogP) is 4.44. The lowest BCUT2D eigenvalue weighted by atomic mass is 10.1. The first-order chi connectivity index (χ1) is 16.5. The van der Waals surface area contributed by atoms with E-state index in [4.69, 9.17) is 9.26 Å². The summed E-state index contributed by atoms with van der Waals surface area (Å²) in [5.41, 5.74) is 1.54. The normalized spacial score (nSPS) is 11.6. The first-order valence-electron chi connectivity index (χ1n) is 11.0. The largest absolute Gasteiger partial charge is 0.497 e. The average molecular weight is 477 g/mol. The smallest absolute Gasteiger partial charge is 0.262 e. The van der Waals surface area contributed by atoms with E-state index >= 15 is 0 Å². The molecule has 174 valence electrons. The lowest BCUT2D eigenvalue weighted by Gasteiger charge is -2.12. The number of aryl methyl sites for hydroxylation is 1. The minimum atomic E-state index is -0.0486. The Morgan fingerprint density at radius 1 is 1.12 bits per heavy atom. The van der Waals surface area contributed by atoms with Gasteiger partial charge < -0.3 is 9.26 Å². The highest BCUT2D eigenvalue weighted by Gasteiger charge is 2.18. The van der Waals surface area contributed by atoms with Crippen molar-refractivity contribution in [3.8, 4) is 17.1 Å². The Morgan fingerprint density at radius 2 is 1.97 bits per heavy atom. The lowest BCUT2D eigenvalue weighted by Crippen LogP contribution is -2.24.